The second kappa shape index (κ2) is 9.05. The molecule has 5 rings (SSSR count). The van der Waals surface area contributed by atoms with Crippen molar-refractivity contribution in [3.8, 4) is 5.88 Å². The third kappa shape index (κ3) is 4.34. The number of carbonyl (C=O) groups excluding carboxylic acids is 3. The molecule has 11 nitrogen and oxygen atoms in total. The molecule has 0 spiro atoms. The number of likely N-dealkylation sites (tertiary alicyclic amines) is 1. The number of hydrogen-bond acceptors (Lipinski definition) is 10. The second-order valence-corrected chi connectivity index (χ2v) is 8.89. The van der Waals surface area contributed by atoms with Crippen molar-refractivity contribution in [1.82, 2.24) is 13.6 Å². The van der Waals surface area contributed by atoms with Gasteiger partial charge in [0.2, 0.25) is 5.88 Å². The van der Waals surface area contributed by atoms with Gasteiger partial charge in [-0.2, -0.15) is 4.37 Å². The lowest BCUT2D eigenvalue weighted by Crippen LogP contribution is -2.50. The Balaban J connectivity index is 1.20. The van der Waals surface area contributed by atoms with Crippen molar-refractivity contribution in [2.24, 2.45) is 0 Å². The van der Waals surface area contributed by atoms with E-state index in [0.717, 1.165) is 18.1 Å². The molecule has 3 fully saturated rings. The van der Waals surface area contributed by atoms with Gasteiger partial charge in [-0.25, -0.2) is 9.18 Å². The lowest BCUT2D eigenvalue weighted by Gasteiger charge is -2.35. The molecule has 0 aliphatic carbocycles. The van der Waals surface area contributed by atoms with Gasteiger partial charge < -0.3 is 24.0 Å². The van der Waals surface area contributed by atoms with Crippen molar-refractivity contribution in [2.75, 3.05) is 42.6 Å². The lowest BCUT2D eigenvalue weighted by atomic mass is 10.2. The maximum Gasteiger partial charge on any atom is 0.414 e. The molecule has 3 aliphatic heterocycles. The molecule has 0 unspecified atom stereocenters. The van der Waals surface area contributed by atoms with Gasteiger partial charge in [0.25, 0.3) is 5.91 Å². The van der Waals surface area contributed by atoms with E-state index in [9.17, 15) is 14.4 Å². The fraction of sp³-hybridized carbons (Fsp3) is 0.476. The van der Waals surface area contributed by atoms with E-state index in [2.05, 4.69) is 8.75 Å². The highest BCUT2D eigenvalue weighted by molar-refractivity contribution is 6.99. The summed E-state index contributed by atoms with van der Waals surface area (Å²) in [6.07, 6.45) is 1.12. The Labute approximate surface area is 198 Å². The molecular formula is C21H22FN5O6S. The van der Waals surface area contributed by atoms with Crippen LogP contribution in [-0.2, 0) is 19.1 Å². The summed E-state index contributed by atoms with van der Waals surface area (Å²) in [4.78, 5) is 40.6. The molecule has 0 radical (unpaired) electrons. The number of halogens is 1. The number of amides is 2. The Bertz CT molecular complexity index is 1100. The molecule has 0 N–H and O–H groups in total. The largest absolute Gasteiger partial charge is 0.472 e. The number of aromatic nitrogens is 2. The number of ether oxygens (including phenoxy) is 3. The molecule has 3 atom stereocenters. The van der Waals surface area contributed by atoms with E-state index < -0.39 is 24.0 Å². The zero-order chi connectivity index (χ0) is 23.8. The highest BCUT2D eigenvalue weighted by Crippen LogP contribution is 2.37. The standard InChI is InChI=1S/C21H22FN5O6S/c1-12(28)31-11-20(29)26-8-14-4-15(26)7-25(14)18-3-2-13(5-17(18)22)27-9-16(33-21(27)30)10-32-19-6-23-34-24-19/h2-3,5-6,14-16H,4,7-11H2,1H3/t14-,15-,16+/m0/s1. The summed E-state index contributed by atoms with van der Waals surface area (Å²) >= 11 is 1.02. The number of hydrogen-bond donors (Lipinski definition) is 0. The molecule has 13 heteroatoms. The number of anilines is 2. The van der Waals surface area contributed by atoms with Gasteiger partial charge in [0.1, 0.15) is 18.6 Å². The third-order valence-electron chi connectivity index (χ3n) is 6.14. The van der Waals surface area contributed by atoms with Crippen LogP contribution in [0, 0.1) is 5.82 Å². The van der Waals surface area contributed by atoms with Crippen LogP contribution < -0.4 is 14.5 Å². The number of cyclic esters (lactones) is 1. The number of nitrogens with zero attached hydrogens (tertiary/aromatic N) is 5. The van der Waals surface area contributed by atoms with Gasteiger partial charge in [0.15, 0.2) is 12.7 Å². The van der Waals surface area contributed by atoms with Crippen molar-refractivity contribution in [3.63, 3.8) is 0 Å². The molecule has 2 aromatic rings. The zero-order valence-corrected chi connectivity index (χ0v) is 19.1. The average molecular weight is 492 g/mol. The topological polar surface area (TPSA) is 114 Å². The molecule has 180 valence electrons. The summed E-state index contributed by atoms with van der Waals surface area (Å²) in [5.74, 6) is -0.834. The first-order valence-electron chi connectivity index (χ1n) is 10.8. The fourth-order valence-electron chi connectivity index (χ4n) is 4.63. The summed E-state index contributed by atoms with van der Waals surface area (Å²) in [7, 11) is 0. The van der Waals surface area contributed by atoms with E-state index in [4.69, 9.17) is 14.2 Å². The van der Waals surface area contributed by atoms with Gasteiger partial charge in [-0.05, 0) is 24.6 Å². The molecule has 2 bridgehead atoms. The minimum Gasteiger partial charge on any atom is -0.472 e. The molecule has 3 saturated heterocycles. The van der Waals surface area contributed by atoms with Crippen LogP contribution in [0.2, 0.25) is 0 Å². The summed E-state index contributed by atoms with van der Waals surface area (Å²) in [5, 5.41) is 0. The zero-order valence-electron chi connectivity index (χ0n) is 18.3. The molecule has 3 aliphatic rings. The van der Waals surface area contributed by atoms with Crippen LogP contribution in [-0.4, -0.2) is 82.7 Å². The fourth-order valence-corrected chi connectivity index (χ4v) is 4.99. The van der Waals surface area contributed by atoms with Crippen molar-refractivity contribution < 1.29 is 33.0 Å². The predicted molar refractivity (Wildman–Crippen MR) is 117 cm³/mol. The number of benzene rings is 1. The average Bonchev–Trinajstić information content (AvgIpc) is 3.60. The highest BCUT2D eigenvalue weighted by Gasteiger charge is 2.46. The third-order valence-corrected chi connectivity index (χ3v) is 6.61. The van der Waals surface area contributed by atoms with Crippen LogP contribution in [0.5, 0.6) is 5.88 Å². The minimum absolute atomic E-state index is 0.0230. The summed E-state index contributed by atoms with van der Waals surface area (Å²) in [6.45, 7) is 2.26. The van der Waals surface area contributed by atoms with Crippen LogP contribution in [0.4, 0.5) is 20.6 Å². The summed E-state index contributed by atoms with van der Waals surface area (Å²) in [6, 6.07) is 4.57. The predicted octanol–water partition coefficient (Wildman–Crippen LogP) is 1.43. The quantitative estimate of drug-likeness (QED) is 0.531. The van der Waals surface area contributed by atoms with Crippen molar-refractivity contribution in [1.29, 1.82) is 0 Å². The van der Waals surface area contributed by atoms with Crippen LogP contribution in [0.25, 0.3) is 0 Å². The van der Waals surface area contributed by atoms with Gasteiger partial charge >= 0.3 is 12.1 Å². The Morgan fingerprint density at radius 2 is 2.12 bits per heavy atom. The van der Waals surface area contributed by atoms with Crippen LogP contribution in [0.15, 0.2) is 24.4 Å². The van der Waals surface area contributed by atoms with Gasteiger partial charge in [-0.15, -0.1) is 4.37 Å². The Hall–Kier alpha value is -3.48. The molecule has 0 saturated carbocycles. The molecule has 2 amide bonds. The van der Waals surface area contributed by atoms with Crippen molar-refractivity contribution >= 4 is 41.1 Å². The SMILES string of the molecule is CC(=O)OCC(=O)N1C[C@@H]2C[C@H]1CN2c1ccc(N2C[C@H](COc3cnsn3)OC2=O)cc1F. The minimum atomic E-state index is -0.570. The van der Waals surface area contributed by atoms with Crippen molar-refractivity contribution in [3.05, 3.63) is 30.2 Å². The Kier molecular flexibility index (Phi) is 5.94. The van der Waals surface area contributed by atoms with Crippen LogP contribution >= 0.6 is 11.7 Å². The Morgan fingerprint density at radius 1 is 1.26 bits per heavy atom. The number of rotatable bonds is 7. The van der Waals surface area contributed by atoms with E-state index in [1.165, 1.54) is 24.1 Å². The van der Waals surface area contributed by atoms with Gasteiger partial charge in [0, 0.05) is 26.1 Å². The van der Waals surface area contributed by atoms with Crippen molar-refractivity contribution in [2.45, 2.75) is 31.5 Å². The first-order chi connectivity index (χ1) is 16.4. The Morgan fingerprint density at radius 3 is 2.79 bits per heavy atom. The van der Waals surface area contributed by atoms with E-state index in [1.54, 1.807) is 17.0 Å². The maximum atomic E-state index is 15.1. The normalized spacial score (nSPS) is 23.4. The van der Waals surface area contributed by atoms with E-state index in [0.29, 0.717) is 30.3 Å². The van der Waals surface area contributed by atoms with Crippen LogP contribution in [0.3, 0.4) is 0 Å². The molecule has 1 aromatic heterocycles. The smallest absolute Gasteiger partial charge is 0.414 e. The molecular weight excluding hydrogens is 469 g/mol. The number of carbonyl (C=O) groups is 3. The highest BCUT2D eigenvalue weighted by atomic mass is 32.1. The molecule has 4 heterocycles. The first-order valence-corrected chi connectivity index (χ1v) is 11.5. The number of piperazine rings is 1. The maximum absolute atomic E-state index is 15.1. The number of esters is 1. The van der Waals surface area contributed by atoms with E-state index in [1.807, 2.05) is 4.90 Å². The lowest BCUT2D eigenvalue weighted by molar-refractivity contribution is -0.150. The van der Waals surface area contributed by atoms with Gasteiger partial charge in [-0.1, -0.05) is 0 Å². The van der Waals surface area contributed by atoms with Gasteiger partial charge in [0.05, 0.1) is 35.7 Å². The monoisotopic (exact) mass is 491 g/mol. The second-order valence-electron chi connectivity index (χ2n) is 8.33. The van der Waals surface area contributed by atoms with Gasteiger partial charge in [-0.3, -0.25) is 14.5 Å². The number of fused-ring (bicyclic) bond motifs is 2. The summed E-state index contributed by atoms with van der Waals surface area (Å²) in [5.41, 5.74) is 0.818. The molecule has 34 heavy (non-hydrogen) atoms. The summed E-state index contributed by atoms with van der Waals surface area (Å²) < 4.78 is 38.5. The van der Waals surface area contributed by atoms with Crippen LogP contribution in [0.1, 0.15) is 13.3 Å². The van der Waals surface area contributed by atoms with E-state index >= 15 is 4.39 Å². The first kappa shape index (κ1) is 22.3. The van der Waals surface area contributed by atoms with E-state index in [-0.39, 0.29) is 37.7 Å². The molecule has 1 aromatic carbocycles.